The lowest BCUT2D eigenvalue weighted by molar-refractivity contribution is -0.832. The van der Waals surface area contributed by atoms with Gasteiger partial charge in [0.2, 0.25) is 5.88 Å². The minimum absolute atomic E-state index is 0.265. The van der Waals surface area contributed by atoms with Gasteiger partial charge in [-0.15, -0.1) is 0 Å². The second-order valence-electron chi connectivity index (χ2n) is 2.56. The van der Waals surface area contributed by atoms with Crippen LogP contribution in [0.25, 0.3) is 0 Å². The van der Waals surface area contributed by atoms with Crippen LogP contribution in [0, 0.1) is 5.21 Å². The summed E-state index contributed by atoms with van der Waals surface area (Å²) in [7, 11) is 0. The van der Waals surface area contributed by atoms with Crippen molar-refractivity contribution in [3.63, 3.8) is 0 Å². The van der Waals surface area contributed by atoms with E-state index in [4.69, 9.17) is 4.52 Å². The summed E-state index contributed by atoms with van der Waals surface area (Å²) in [5.41, 5.74) is 0. The molecule has 5 heteroatoms. The molecule has 11 heavy (non-hydrogen) atoms. The van der Waals surface area contributed by atoms with Crippen molar-refractivity contribution in [2.24, 2.45) is 0 Å². The van der Waals surface area contributed by atoms with Gasteiger partial charge < -0.3 is 14.8 Å². The van der Waals surface area contributed by atoms with E-state index in [1.165, 1.54) is 0 Å². The molecular formula is C6H9N3O2. The fourth-order valence-electron chi connectivity index (χ4n) is 1.19. The Labute approximate surface area is 63.8 Å². The molecule has 60 valence electrons. The maximum absolute atomic E-state index is 10.8. The summed E-state index contributed by atoms with van der Waals surface area (Å²) >= 11 is 0. The van der Waals surface area contributed by atoms with Crippen molar-refractivity contribution in [1.82, 2.24) is 5.16 Å². The van der Waals surface area contributed by atoms with E-state index in [2.05, 4.69) is 5.16 Å². The molecule has 2 rings (SSSR count). The molecule has 0 saturated carbocycles. The van der Waals surface area contributed by atoms with Crippen LogP contribution in [-0.2, 0) is 0 Å². The van der Waals surface area contributed by atoms with E-state index < -0.39 is 0 Å². The zero-order chi connectivity index (χ0) is 7.68. The van der Waals surface area contributed by atoms with E-state index in [0.29, 0.717) is 19.1 Å². The molecule has 1 unspecified atom stereocenters. The van der Waals surface area contributed by atoms with Gasteiger partial charge in [-0.3, -0.25) is 4.90 Å². The van der Waals surface area contributed by atoms with Crippen LogP contribution in [0.15, 0.2) is 16.8 Å². The molecule has 1 saturated heterocycles. The molecule has 1 fully saturated rings. The lowest BCUT2D eigenvalue weighted by atomic mass is 10.5. The molecular weight excluding hydrogens is 146 g/mol. The molecule has 1 atom stereocenters. The predicted octanol–water partition coefficient (Wildman–Crippen LogP) is -1.17. The van der Waals surface area contributed by atoms with E-state index >= 15 is 0 Å². The van der Waals surface area contributed by atoms with E-state index in [-0.39, 0.29) is 5.06 Å². The van der Waals surface area contributed by atoms with E-state index in [9.17, 15) is 5.21 Å². The highest BCUT2D eigenvalue weighted by Gasteiger charge is 2.20. The maximum atomic E-state index is 10.8. The fourth-order valence-corrected chi connectivity index (χ4v) is 1.19. The van der Waals surface area contributed by atoms with Crippen LogP contribution in [0.5, 0.6) is 0 Å². The van der Waals surface area contributed by atoms with Crippen LogP contribution >= 0.6 is 0 Å². The Morgan fingerprint density at radius 2 is 2.64 bits per heavy atom. The molecule has 2 heterocycles. The Morgan fingerprint density at radius 1 is 1.73 bits per heavy atom. The van der Waals surface area contributed by atoms with Gasteiger partial charge in [-0.05, 0) is 0 Å². The number of hydrogen-bond donors (Lipinski definition) is 1. The Morgan fingerprint density at radius 3 is 3.18 bits per heavy atom. The van der Waals surface area contributed by atoms with Crippen molar-refractivity contribution >= 4 is 5.88 Å². The third kappa shape index (κ3) is 1.20. The number of aromatic nitrogens is 1. The van der Waals surface area contributed by atoms with Crippen LogP contribution in [0.1, 0.15) is 0 Å². The fraction of sp³-hybridized carbons (Fsp3) is 0.500. The average Bonchev–Trinajstić information content (AvgIpc) is 2.55. The molecule has 1 N–H and O–H groups in total. The maximum Gasteiger partial charge on any atom is 0.231 e. The van der Waals surface area contributed by atoms with Gasteiger partial charge >= 0.3 is 0 Å². The average molecular weight is 155 g/mol. The van der Waals surface area contributed by atoms with Gasteiger partial charge in [0.25, 0.3) is 0 Å². The van der Waals surface area contributed by atoms with E-state index in [0.717, 1.165) is 6.54 Å². The van der Waals surface area contributed by atoms with Crippen molar-refractivity contribution in [3.8, 4) is 0 Å². The van der Waals surface area contributed by atoms with Crippen molar-refractivity contribution in [1.29, 1.82) is 0 Å². The molecule has 0 spiro atoms. The summed E-state index contributed by atoms with van der Waals surface area (Å²) in [6, 6.07) is 1.76. The summed E-state index contributed by atoms with van der Waals surface area (Å²) in [6.45, 7) is 1.85. The largest absolute Gasteiger partial charge is 0.633 e. The SMILES string of the molecule is [O-][NH+]1CCN(c2ccno2)C1. The molecule has 1 aromatic rings. The quantitative estimate of drug-likeness (QED) is 0.519. The van der Waals surface area contributed by atoms with Crippen LogP contribution < -0.4 is 9.96 Å². The number of quaternary nitrogens is 1. The first kappa shape index (κ1) is 6.63. The summed E-state index contributed by atoms with van der Waals surface area (Å²) in [5, 5.41) is 14.7. The molecule has 0 aliphatic carbocycles. The van der Waals surface area contributed by atoms with Gasteiger partial charge in [0.05, 0.1) is 19.3 Å². The molecule has 1 aliphatic rings. The minimum Gasteiger partial charge on any atom is -0.633 e. The minimum atomic E-state index is 0.265. The van der Waals surface area contributed by atoms with Crippen molar-refractivity contribution < 1.29 is 9.59 Å². The number of hydroxylamine groups is 2. The first-order valence-corrected chi connectivity index (χ1v) is 3.53. The van der Waals surface area contributed by atoms with Gasteiger partial charge in [0.15, 0.2) is 6.67 Å². The molecule has 0 amide bonds. The monoisotopic (exact) mass is 155 g/mol. The third-order valence-electron chi connectivity index (χ3n) is 1.76. The van der Waals surface area contributed by atoms with E-state index in [1.54, 1.807) is 12.3 Å². The van der Waals surface area contributed by atoms with Crippen LogP contribution in [0.3, 0.4) is 0 Å². The Bertz CT molecular complexity index is 224. The number of hydrogen-bond acceptors (Lipinski definition) is 4. The Hall–Kier alpha value is -1.07. The first-order chi connectivity index (χ1) is 5.36. The van der Waals surface area contributed by atoms with Crippen LogP contribution in [0.4, 0.5) is 5.88 Å². The Kier molecular flexibility index (Phi) is 1.52. The smallest absolute Gasteiger partial charge is 0.231 e. The topological polar surface area (TPSA) is 56.8 Å². The lowest BCUT2D eigenvalue weighted by Crippen LogP contribution is -3.05. The summed E-state index contributed by atoms with van der Waals surface area (Å²) in [4.78, 5) is 1.88. The number of nitrogens with one attached hydrogen (secondary N) is 1. The highest BCUT2D eigenvalue weighted by Crippen LogP contribution is 2.10. The predicted molar refractivity (Wildman–Crippen MR) is 37.9 cm³/mol. The van der Waals surface area contributed by atoms with Gasteiger partial charge in [0.1, 0.15) is 0 Å². The van der Waals surface area contributed by atoms with Crippen molar-refractivity contribution in [3.05, 3.63) is 17.5 Å². The normalized spacial score (nSPS) is 24.5. The van der Waals surface area contributed by atoms with Gasteiger partial charge in [-0.1, -0.05) is 5.16 Å². The number of rotatable bonds is 1. The van der Waals surface area contributed by atoms with Gasteiger partial charge in [-0.2, -0.15) is 0 Å². The molecule has 5 nitrogen and oxygen atoms in total. The first-order valence-electron chi connectivity index (χ1n) is 3.53. The second-order valence-corrected chi connectivity index (χ2v) is 2.56. The zero-order valence-corrected chi connectivity index (χ0v) is 5.99. The highest BCUT2D eigenvalue weighted by molar-refractivity contribution is 5.32. The third-order valence-corrected chi connectivity index (χ3v) is 1.76. The van der Waals surface area contributed by atoms with Crippen LogP contribution in [0.2, 0.25) is 0 Å². The highest BCUT2D eigenvalue weighted by atomic mass is 16.5. The number of nitrogens with zero attached hydrogens (tertiary/aromatic N) is 2. The van der Waals surface area contributed by atoms with E-state index in [1.807, 2.05) is 4.90 Å². The van der Waals surface area contributed by atoms with Crippen molar-refractivity contribution in [2.75, 3.05) is 24.7 Å². The van der Waals surface area contributed by atoms with Gasteiger partial charge in [-0.25, -0.2) is 0 Å². The molecule has 0 bridgehead atoms. The number of anilines is 1. The molecule has 0 radical (unpaired) electrons. The van der Waals surface area contributed by atoms with Crippen molar-refractivity contribution in [2.45, 2.75) is 0 Å². The summed E-state index contributed by atoms with van der Waals surface area (Å²) < 4.78 is 4.89. The lowest BCUT2D eigenvalue weighted by Gasteiger charge is -2.15. The summed E-state index contributed by atoms with van der Waals surface area (Å²) in [5.74, 6) is 0.691. The molecule has 1 aliphatic heterocycles. The van der Waals surface area contributed by atoms with Gasteiger partial charge in [0, 0.05) is 6.07 Å². The van der Waals surface area contributed by atoms with Crippen LogP contribution in [-0.4, -0.2) is 24.9 Å². The Balaban J connectivity index is 2.08. The zero-order valence-electron chi connectivity index (χ0n) is 5.99. The summed E-state index contributed by atoms with van der Waals surface area (Å²) in [6.07, 6.45) is 1.58. The second kappa shape index (κ2) is 2.52. The molecule has 1 aromatic heterocycles. The molecule has 0 aromatic carbocycles. The standard InChI is InChI=1S/C6H9N3O2/c10-9-4-3-8(5-9)6-1-2-7-11-6/h1-2,9H,3-5H2.